The van der Waals surface area contributed by atoms with Crippen LogP contribution in [-0.4, -0.2) is 16.2 Å². The van der Waals surface area contributed by atoms with Crippen molar-refractivity contribution in [2.45, 2.75) is 13.0 Å². The highest BCUT2D eigenvalue weighted by molar-refractivity contribution is 6.35. The highest BCUT2D eigenvalue weighted by atomic mass is 35.5. The van der Waals surface area contributed by atoms with E-state index in [1.807, 2.05) is 22.8 Å². The average Bonchev–Trinajstić information content (AvgIpc) is 3.01. The van der Waals surface area contributed by atoms with E-state index in [1.54, 1.807) is 30.3 Å². The summed E-state index contributed by atoms with van der Waals surface area (Å²) in [6, 6.07) is 17.4. The fourth-order valence-electron chi connectivity index (χ4n) is 3.20. The lowest BCUT2D eigenvalue weighted by Crippen LogP contribution is -2.07. The molecule has 0 amide bonds. The van der Waals surface area contributed by atoms with Crippen molar-refractivity contribution in [3.05, 3.63) is 76.5 Å². The Labute approximate surface area is 177 Å². The maximum atomic E-state index is 13.2. The van der Waals surface area contributed by atoms with Crippen molar-refractivity contribution >= 4 is 40.2 Å². The van der Waals surface area contributed by atoms with Gasteiger partial charge in [-0.2, -0.15) is 0 Å². The second-order valence-electron chi connectivity index (χ2n) is 6.61. The van der Waals surface area contributed by atoms with Gasteiger partial charge in [-0.15, -0.1) is 0 Å². The number of hydrogen-bond donors (Lipinski definition) is 1. The van der Waals surface area contributed by atoms with Gasteiger partial charge in [0.05, 0.1) is 22.7 Å². The number of anilines is 1. The summed E-state index contributed by atoms with van der Waals surface area (Å²) in [4.78, 5) is 4.43. The standard InChI is InChI=1S/C22H18Cl2FN3O/c23-16-5-9-21(18(24)13-16)29-11-1-10-28-20-12-15(4-8-19(20)27-22(28)26)14-2-6-17(25)7-3-14/h2-9,12-13H,1,10-11H2,(H2,26,27). The Bertz CT molecular complexity index is 1160. The van der Waals surface area contributed by atoms with Crippen molar-refractivity contribution in [1.29, 1.82) is 0 Å². The minimum atomic E-state index is -0.259. The molecule has 1 aromatic heterocycles. The number of nitrogens with zero attached hydrogens (tertiary/aromatic N) is 2. The van der Waals surface area contributed by atoms with Gasteiger partial charge in [0.2, 0.25) is 5.95 Å². The molecule has 0 bridgehead atoms. The topological polar surface area (TPSA) is 53.1 Å². The largest absolute Gasteiger partial charge is 0.492 e. The minimum Gasteiger partial charge on any atom is -0.492 e. The van der Waals surface area contributed by atoms with Gasteiger partial charge in [0.1, 0.15) is 11.6 Å². The first-order chi connectivity index (χ1) is 14.0. The minimum absolute atomic E-state index is 0.259. The number of nitrogen functional groups attached to an aromatic ring is 1. The summed E-state index contributed by atoms with van der Waals surface area (Å²) in [6.07, 6.45) is 0.718. The van der Waals surface area contributed by atoms with Crippen LogP contribution in [0.3, 0.4) is 0 Å². The SMILES string of the molecule is Nc1nc2ccc(-c3ccc(F)cc3)cc2n1CCCOc1ccc(Cl)cc1Cl. The first kappa shape index (κ1) is 19.6. The number of aryl methyl sites for hydroxylation is 1. The van der Waals surface area contributed by atoms with Crippen molar-refractivity contribution in [2.75, 3.05) is 12.3 Å². The molecule has 1 heterocycles. The summed E-state index contributed by atoms with van der Waals surface area (Å²) in [5, 5.41) is 1.05. The summed E-state index contributed by atoms with van der Waals surface area (Å²) in [5.74, 6) is 0.781. The van der Waals surface area contributed by atoms with Gasteiger partial charge >= 0.3 is 0 Å². The van der Waals surface area contributed by atoms with Gasteiger partial charge in [-0.1, -0.05) is 41.4 Å². The maximum Gasteiger partial charge on any atom is 0.201 e. The van der Waals surface area contributed by atoms with Crippen molar-refractivity contribution in [3.63, 3.8) is 0 Å². The monoisotopic (exact) mass is 429 g/mol. The lowest BCUT2D eigenvalue weighted by Gasteiger charge is -2.10. The molecule has 4 aromatic rings. The van der Waals surface area contributed by atoms with Gasteiger partial charge in [-0.3, -0.25) is 0 Å². The Morgan fingerprint density at radius 3 is 2.48 bits per heavy atom. The van der Waals surface area contributed by atoms with E-state index >= 15 is 0 Å². The highest BCUT2D eigenvalue weighted by Crippen LogP contribution is 2.28. The Balaban J connectivity index is 1.50. The number of imidazole rings is 1. The van der Waals surface area contributed by atoms with Gasteiger partial charge in [0.25, 0.3) is 0 Å². The molecule has 29 heavy (non-hydrogen) atoms. The van der Waals surface area contributed by atoms with Crippen molar-refractivity contribution in [3.8, 4) is 16.9 Å². The zero-order chi connectivity index (χ0) is 20.4. The highest BCUT2D eigenvalue weighted by Gasteiger charge is 2.10. The van der Waals surface area contributed by atoms with Gasteiger partial charge in [0.15, 0.2) is 0 Å². The first-order valence-electron chi connectivity index (χ1n) is 9.11. The van der Waals surface area contributed by atoms with E-state index in [9.17, 15) is 4.39 Å². The predicted molar refractivity (Wildman–Crippen MR) is 116 cm³/mol. The molecular weight excluding hydrogens is 412 g/mol. The molecule has 2 N–H and O–H groups in total. The maximum absolute atomic E-state index is 13.2. The van der Waals surface area contributed by atoms with E-state index in [4.69, 9.17) is 33.7 Å². The van der Waals surface area contributed by atoms with E-state index in [0.29, 0.717) is 34.9 Å². The number of hydrogen-bond acceptors (Lipinski definition) is 3. The molecule has 0 atom stereocenters. The summed E-state index contributed by atoms with van der Waals surface area (Å²) < 4.78 is 20.9. The number of rotatable bonds is 6. The molecule has 4 nitrogen and oxygen atoms in total. The third-order valence-electron chi connectivity index (χ3n) is 4.63. The molecule has 0 fully saturated rings. The average molecular weight is 430 g/mol. The number of aromatic nitrogens is 2. The normalized spacial score (nSPS) is 11.1. The Morgan fingerprint density at radius 2 is 1.72 bits per heavy atom. The zero-order valence-corrected chi connectivity index (χ0v) is 16.9. The quantitative estimate of drug-likeness (QED) is 0.371. The molecular formula is C22H18Cl2FN3O. The molecule has 0 aliphatic rings. The van der Waals surface area contributed by atoms with Crippen molar-refractivity contribution in [2.24, 2.45) is 0 Å². The fraction of sp³-hybridized carbons (Fsp3) is 0.136. The smallest absolute Gasteiger partial charge is 0.201 e. The van der Waals surface area contributed by atoms with Crippen LogP contribution < -0.4 is 10.5 Å². The van der Waals surface area contributed by atoms with Crippen LogP contribution in [0.1, 0.15) is 6.42 Å². The third kappa shape index (κ3) is 4.31. The Hall–Kier alpha value is -2.76. The number of nitrogens with two attached hydrogens (primary N) is 1. The summed E-state index contributed by atoms with van der Waals surface area (Å²) in [5.41, 5.74) is 9.77. The van der Waals surface area contributed by atoms with Crippen LogP contribution in [0.5, 0.6) is 5.75 Å². The third-order valence-corrected chi connectivity index (χ3v) is 5.16. The first-order valence-corrected chi connectivity index (χ1v) is 9.86. The molecule has 0 aliphatic heterocycles. The van der Waals surface area contributed by atoms with Gasteiger partial charge in [0, 0.05) is 11.6 Å². The van der Waals surface area contributed by atoms with E-state index in [0.717, 1.165) is 28.6 Å². The van der Waals surface area contributed by atoms with Crippen LogP contribution in [0.25, 0.3) is 22.2 Å². The van der Waals surface area contributed by atoms with E-state index in [2.05, 4.69) is 4.98 Å². The summed E-state index contributed by atoms with van der Waals surface area (Å²) in [7, 11) is 0. The molecule has 0 radical (unpaired) electrons. The molecule has 0 saturated heterocycles. The van der Waals surface area contributed by atoms with Gasteiger partial charge in [-0.05, 0) is 60.0 Å². The van der Waals surface area contributed by atoms with Crippen LogP contribution in [0.15, 0.2) is 60.7 Å². The lowest BCUT2D eigenvalue weighted by atomic mass is 10.1. The second kappa shape index (κ2) is 8.31. The Morgan fingerprint density at radius 1 is 0.966 bits per heavy atom. The van der Waals surface area contributed by atoms with Crippen LogP contribution >= 0.6 is 23.2 Å². The lowest BCUT2D eigenvalue weighted by molar-refractivity contribution is 0.303. The Kier molecular flexibility index (Phi) is 5.60. The van der Waals surface area contributed by atoms with Crippen LogP contribution in [0.2, 0.25) is 10.0 Å². The summed E-state index contributed by atoms with van der Waals surface area (Å²) in [6.45, 7) is 1.11. The molecule has 7 heteroatoms. The number of ether oxygens (including phenoxy) is 1. The molecule has 148 valence electrons. The molecule has 4 rings (SSSR count). The fourth-order valence-corrected chi connectivity index (χ4v) is 3.66. The van der Waals surface area contributed by atoms with Gasteiger partial charge in [-0.25, -0.2) is 9.37 Å². The van der Waals surface area contributed by atoms with E-state index in [-0.39, 0.29) is 5.82 Å². The molecule has 0 saturated carbocycles. The van der Waals surface area contributed by atoms with Crippen molar-refractivity contribution in [1.82, 2.24) is 9.55 Å². The molecule has 0 aliphatic carbocycles. The molecule has 0 spiro atoms. The van der Waals surface area contributed by atoms with Crippen LogP contribution in [0.4, 0.5) is 10.3 Å². The van der Waals surface area contributed by atoms with Crippen LogP contribution in [-0.2, 0) is 6.54 Å². The van der Waals surface area contributed by atoms with Crippen LogP contribution in [0, 0.1) is 5.82 Å². The van der Waals surface area contributed by atoms with Crippen molar-refractivity contribution < 1.29 is 9.13 Å². The number of halogens is 3. The zero-order valence-electron chi connectivity index (χ0n) is 15.4. The summed E-state index contributed by atoms with van der Waals surface area (Å²) >= 11 is 12.0. The van der Waals surface area contributed by atoms with E-state index in [1.165, 1.54) is 12.1 Å². The molecule has 0 unspecified atom stereocenters. The van der Waals surface area contributed by atoms with E-state index < -0.39 is 0 Å². The predicted octanol–water partition coefficient (Wildman–Crippen LogP) is 6.20. The second-order valence-corrected chi connectivity index (χ2v) is 7.45. The van der Waals surface area contributed by atoms with Gasteiger partial charge < -0.3 is 15.0 Å². The molecule has 3 aromatic carbocycles. The number of fused-ring (bicyclic) bond motifs is 1. The number of benzene rings is 3.